The minimum atomic E-state index is -5.08. The van der Waals surface area contributed by atoms with Gasteiger partial charge in [0.1, 0.15) is 24.4 Å². The number of aliphatic hydroxyl groups excluding tert-OH is 4. The van der Waals surface area contributed by atoms with Crippen molar-refractivity contribution in [2.24, 2.45) is 0 Å². The summed E-state index contributed by atoms with van der Waals surface area (Å²) in [6.45, 7) is 3.51. The Labute approximate surface area is 487 Å². The molecule has 7 atom stereocenters. The molecular formula is C66H129NO11S. The van der Waals surface area contributed by atoms with Crippen LogP contribution < -0.4 is 5.32 Å². The topological polar surface area (TPSA) is 192 Å². The minimum Gasteiger partial charge on any atom is -0.394 e. The van der Waals surface area contributed by atoms with Gasteiger partial charge in [-0.1, -0.05) is 315 Å². The van der Waals surface area contributed by atoms with E-state index in [0.717, 1.165) is 51.4 Å². The molecule has 0 aromatic heterocycles. The Morgan fingerprint density at radius 3 is 1.14 bits per heavy atom. The summed E-state index contributed by atoms with van der Waals surface area (Å²) in [5.74, 6) is -0.222. The molecule has 1 aliphatic rings. The van der Waals surface area contributed by atoms with E-state index in [2.05, 4.69) is 35.5 Å². The third-order valence-corrected chi connectivity index (χ3v) is 17.0. The SMILES string of the molecule is CCCCCCCCCCCCCCCC/C=C\CCCCCCCCCCCCCCCCCCCC(=O)NC(COC1OC(CO)C(O)C(OS(=O)(=O)O)C1O)C(O)CCCCCCCCCCCCCCCCCCC. The Kier molecular flexibility index (Phi) is 53.8. The van der Waals surface area contributed by atoms with Crippen LogP contribution in [0.2, 0.25) is 0 Å². The van der Waals surface area contributed by atoms with Crippen molar-refractivity contribution < 1.29 is 51.8 Å². The first-order chi connectivity index (χ1) is 38.5. The Morgan fingerprint density at radius 2 is 0.810 bits per heavy atom. The van der Waals surface area contributed by atoms with Crippen molar-refractivity contribution in [3.8, 4) is 0 Å². The monoisotopic (exact) mass is 1140 g/mol. The molecule has 7 unspecified atom stereocenters. The maximum absolute atomic E-state index is 13.2. The number of rotatable bonds is 61. The summed E-state index contributed by atoms with van der Waals surface area (Å²) in [7, 11) is -5.08. The molecule has 0 aromatic rings. The van der Waals surface area contributed by atoms with Crippen molar-refractivity contribution >= 4 is 16.3 Å². The third kappa shape index (κ3) is 47.8. The number of aliphatic hydroxyl groups is 4. The van der Waals surface area contributed by atoms with Gasteiger partial charge in [-0.25, -0.2) is 4.18 Å². The summed E-state index contributed by atoms with van der Waals surface area (Å²) >= 11 is 0. The van der Waals surface area contributed by atoms with Gasteiger partial charge in [0.2, 0.25) is 5.91 Å². The van der Waals surface area contributed by atoms with Crippen LogP contribution in [0.4, 0.5) is 0 Å². The highest BCUT2D eigenvalue weighted by atomic mass is 32.3. The predicted molar refractivity (Wildman–Crippen MR) is 329 cm³/mol. The highest BCUT2D eigenvalue weighted by Crippen LogP contribution is 2.27. The van der Waals surface area contributed by atoms with E-state index >= 15 is 0 Å². The Hall–Kier alpha value is -1.16. The van der Waals surface area contributed by atoms with Crippen molar-refractivity contribution in [3.63, 3.8) is 0 Å². The van der Waals surface area contributed by atoms with Crippen LogP contribution in [0.5, 0.6) is 0 Å². The normalized spacial score (nSPS) is 18.7. The molecule has 1 heterocycles. The molecule has 470 valence electrons. The van der Waals surface area contributed by atoms with Gasteiger partial charge in [0.15, 0.2) is 6.29 Å². The van der Waals surface area contributed by atoms with Crippen molar-refractivity contribution in [1.29, 1.82) is 0 Å². The quantitative estimate of drug-likeness (QED) is 0.0193. The van der Waals surface area contributed by atoms with Gasteiger partial charge in [-0.15, -0.1) is 0 Å². The van der Waals surface area contributed by atoms with Crippen LogP contribution >= 0.6 is 0 Å². The molecule has 6 N–H and O–H groups in total. The first-order valence-corrected chi connectivity index (χ1v) is 35.4. The molecule has 13 heteroatoms. The molecule has 79 heavy (non-hydrogen) atoms. The first kappa shape index (κ1) is 75.9. The average molecular weight is 1140 g/mol. The largest absolute Gasteiger partial charge is 0.397 e. The summed E-state index contributed by atoms with van der Waals surface area (Å²) in [6.07, 6.45) is 61.1. The van der Waals surface area contributed by atoms with Crippen LogP contribution in [0.3, 0.4) is 0 Å². The fourth-order valence-corrected chi connectivity index (χ4v) is 11.9. The number of allylic oxidation sites excluding steroid dienone is 2. The number of carbonyl (C=O) groups excluding carboxylic acids is 1. The molecule has 0 aromatic carbocycles. The van der Waals surface area contributed by atoms with Crippen LogP contribution in [0.1, 0.15) is 348 Å². The maximum Gasteiger partial charge on any atom is 0.397 e. The summed E-state index contributed by atoms with van der Waals surface area (Å²) in [5, 5.41) is 45.2. The van der Waals surface area contributed by atoms with Crippen LogP contribution in [0.15, 0.2) is 12.2 Å². The summed E-state index contributed by atoms with van der Waals surface area (Å²) in [6, 6.07) is -0.856. The smallest absolute Gasteiger partial charge is 0.394 e. The molecule has 1 saturated heterocycles. The highest BCUT2D eigenvalue weighted by molar-refractivity contribution is 7.80. The Balaban J connectivity index is 2.18. The zero-order valence-corrected chi connectivity index (χ0v) is 52.3. The van der Waals surface area contributed by atoms with Gasteiger partial charge in [-0.05, 0) is 38.5 Å². The van der Waals surface area contributed by atoms with Gasteiger partial charge in [-0.3, -0.25) is 9.35 Å². The van der Waals surface area contributed by atoms with E-state index in [1.807, 2.05) is 0 Å². The average Bonchev–Trinajstić information content (AvgIpc) is 3.45. The van der Waals surface area contributed by atoms with Crippen LogP contribution in [-0.4, -0.2) is 95.4 Å². The van der Waals surface area contributed by atoms with E-state index in [0.29, 0.717) is 12.8 Å². The zero-order valence-electron chi connectivity index (χ0n) is 51.5. The van der Waals surface area contributed by atoms with E-state index in [1.165, 1.54) is 270 Å². The molecule has 0 bridgehead atoms. The third-order valence-electron chi connectivity index (χ3n) is 16.6. The van der Waals surface area contributed by atoms with Gasteiger partial charge in [-0.2, -0.15) is 8.42 Å². The van der Waals surface area contributed by atoms with Gasteiger partial charge < -0.3 is 35.2 Å². The maximum atomic E-state index is 13.2. The highest BCUT2D eigenvalue weighted by Gasteiger charge is 2.48. The summed E-state index contributed by atoms with van der Waals surface area (Å²) < 4.78 is 48.0. The second-order valence-corrected chi connectivity index (χ2v) is 25.2. The number of amides is 1. The van der Waals surface area contributed by atoms with Crippen molar-refractivity contribution in [1.82, 2.24) is 5.32 Å². The Morgan fingerprint density at radius 1 is 0.494 bits per heavy atom. The van der Waals surface area contributed by atoms with Crippen LogP contribution in [0, 0.1) is 0 Å². The number of hydrogen-bond donors (Lipinski definition) is 6. The van der Waals surface area contributed by atoms with E-state index in [-0.39, 0.29) is 12.5 Å². The molecule has 1 rings (SSSR count). The molecular weight excluding hydrogens is 1010 g/mol. The molecule has 1 aliphatic heterocycles. The van der Waals surface area contributed by atoms with Crippen molar-refractivity contribution in [2.75, 3.05) is 13.2 Å². The molecule has 0 saturated carbocycles. The van der Waals surface area contributed by atoms with E-state index < -0.39 is 59.9 Å². The molecule has 0 spiro atoms. The van der Waals surface area contributed by atoms with Gasteiger partial charge >= 0.3 is 10.4 Å². The second-order valence-electron chi connectivity index (χ2n) is 24.1. The lowest BCUT2D eigenvalue weighted by Crippen LogP contribution is -2.61. The summed E-state index contributed by atoms with van der Waals surface area (Å²) in [4.78, 5) is 13.2. The number of hydrogen-bond acceptors (Lipinski definition) is 10. The lowest BCUT2D eigenvalue weighted by molar-refractivity contribution is -0.298. The Bertz CT molecular complexity index is 1440. The summed E-state index contributed by atoms with van der Waals surface area (Å²) in [5.41, 5.74) is 0. The minimum absolute atomic E-state index is 0.222. The number of unbranched alkanes of at least 4 members (excludes halogenated alkanes) is 47. The number of carbonyl (C=O) groups is 1. The van der Waals surface area contributed by atoms with E-state index in [9.17, 15) is 38.2 Å². The van der Waals surface area contributed by atoms with Gasteiger partial charge in [0, 0.05) is 6.42 Å². The zero-order chi connectivity index (χ0) is 57.5. The molecule has 1 amide bonds. The van der Waals surface area contributed by atoms with Crippen molar-refractivity contribution in [3.05, 3.63) is 12.2 Å². The fraction of sp³-hybridized carbons (Fsp3) is 0.955. The van der Waals surface area contributed by atoms with Gasteiger partial charge in [0.05, 0.1) is 25.4 Å². The van der Waals surface area contributed by atoms with Gasteiger partial charge in [0.25, 0.3) is 0 Å². The standard InChI is InChI=1S/C66H129NO11S/c1-3-5-7-9-11-13-15-17-19-21-22-23-24-25-26-27-28-29-30-31-32-33-34-35-36-37-38-40-42-44-46-48-50-52-54-56-62(70)67-59(58-76-66-64(72)65(78-79(73,74)75)63(71)61(57-68)77-66)60(69)55-53-51-49-47-45-43-41-39-20-18-16-14-12-10-8-6-4-2/h27-28,59-61,63-66,68-69,71-72H,3-26,29-58H2,1-2H3,(H,67,70)(H,73,74,75)/b28-27-. The predicted octanol–water partition coefficient (Wildman–Crippen LogP) is 17.4. The number of nitrogens with one attached hydrogen (secondary N) is 1. The van der Waals surface area contributed by atoms with E-state index in [1.54, 1.807) is 0 Å². The van der Waals surface area contributed by atoms with Crippen LogP contribution in [-0.2, 0) is 28.9 Å². The molecule has 12 nitrogen and oxygen atoms in total. The fourth-order valence-electron chi connectivity index (χ4n) is 11.3. The molecule has 0 aliphatic carbocycles. The second kappa shape index (κ2) is 56.0. The lowest BCUT2D eigenvalue weighted by atomic mass is 9.99. The number of ether oxygens (including phenoxy) is 2. The van der Waals surface area contributed by atoms with E-state index in [4.69, 9.17) is 9.47 Å². The lowest BCUT2D eigenvalue weighted by Gasteiger charge is -2.41. The first-order valence-electron chi connectivity index (χ1n) is 34.1. The molecule has 1 fully saturated rings. The van der Waals surface area contributed by atoms with Crippen LogP contribution in [0.25, 0.3) is 0 Å². The van der Waals surface area contributed by atoms with Crippen molar-refractivity contribution in [2.45, 2.75) is 391 Å². The molecule has 0 radical (unpaired) electrons.